The standard InChI is InChI=1S/C14H12Cl2FNO/c15-11-2-1-3-12(16)14(11)19-8-10-6-9(7-18)4-5-13(10)17/h1-6H,7-8,18H2. The highest BCUT2D eigenvalue weighted by Gasteiger charge is 2.09. The average molecular weight is 300 g/mol. The lowest BCUT2D eigenvalue weighted by Crippen LogP contribution is -2.03. The van der Waals surface area contributed by atoms with Gasteiger partial charge in [-0.1, -0.05) is 35.3 Å². The molecule has 0 spiro atoms. The second-order valence-corrected chi connectivity index (χ2v) is 4.78. The molecule has 0 aliphatic heterocycles. The number of benzene rings is 2. The Hall–Kier alpha value is -1.29. The first-order valence-electron chi connectivity index (χ1n) is 5.66. The minimum absolute atomic E-state index is 0.0448. The average Bonchev–Trinajstić information content (AvgIpc) is 2.40. The van der Waals surface area contributed by atoms with Crippen molar-refractivity contribution in [3.8, 4) is 5.75 Å². The van der Waals surface area contributed by atoms with Crippen molar-refractivity contribution in [1.82, 2.24) is 0 Å². The third kappa shape index (κ3) is 3.38. The maximum atomic E-state index is 13.6. The fourth-order valence-corrected chi connectivity index (χ4v) is 2.14. The molecule has 0 aliphatic rings. The molecule has 2 aromatic rings. The predicted octanol–water partition coefficient (Wildman–Crippen LogP) is 4.17. The van der Waals surface area contributed by atoms with Crippen molar-refractivity contribution in [3.05, 3.63) is 63.4 Å². The van der Waals surface area contributed by atoms with Gasteiger partial charge in [-0.05, 0) is 29.8 Å². The Kier molecular flexibility index (Phi) is 4.64. The lowest BCUT2D eigenvalue weighted by Gasteiger charge is -2.11. The molecule has 0 saturated heterocycles. The van der Waals surface area contributed by atoms with Gasteiger partial charge >= 0.3 is 0 Å². The van der Waals surface area contributed by atoms with Crippen molar-refractivity contribution < 1.29 is 9.13 Å². The van der Waals surface area contributed by atoms with E-state index in [0.29, 0.717) is 27.9 Å². The minimum atomic E-state index is -0.347. The van der Waals surface area contributed by atoms with Crippen LogP contribution in [0.1, 0.15) is 11.1 Å². The Balaban J connectivity index is 2.19. The third-order valence-electron chi connectivity index (χ3n) is 2.64. The van der Waals surface area contributed by atoms with Gasteiger partial charge in [0, 0.05) is 12.1 Å². The molecule has 0 aromatic heterocycles. The smallest absolute Gasteiger partial charge is 0.156 e. The third-order valence-corrected chi connectivity index (χ3v) is 3.23. The van der Waals surface area contributed by atoms with Crippen LogP contribution in [0.4, 0.5) is 4.39 Å². The molecule has 19 heavy (non-hydrogen) atoms. The summed E-state index contributed by atoms with van der Waals surface area (Å²) in [5.41, 5.74) is 6.77. The number of ether oxygens (including phenoxy) is 1. The molecule has 0 saturated carbocycles. The molecule has 0 atom stereocenters. The molecule has 0 fully saturated rings. The lowest BCUT2D eigenvalue weighted by molar-refractivity contribution is 0.300. The van der Waals surface area contributed by atoms with Crippen molar-refractivity contribution in [2.24, 2.45) is 5.73 Å². The van der Waals surface area contributed by atoms with Gasteiger partial charge in [0.05, 0.1) is 10.0 Å². The van der Waals surface area contributed by atoms with Gasteiger partial charge in [0.15, 0.2) is 5.75 Å². The van der Waals surface area contributed by atoms with Crippen molar-refractivity contribution in [1.29, 1.82) is 0 Å². The van der Waals surface area contributed by atoms with E-state index in [1.165, 1.54) is 6.07 Å². The summed E-state index contributed by atoms with van der Waals surface area (Å²) in [4.78, 5) is 0. The van der Waals surface area contributed by atoms with E-state index in [9.17, 15) is 4.39 Å². The molecule has 2 nitrogen and oxygen atoms in total. The van der Waals surface area contributed by atoms with Crippen LogP contribution in [0.25, 0.3) is 0 Å². The molecule has 5 heteroatoms. The lowest BCUT2D eigenvalue weighted by atomic mass is 10.1. The summed E-state index contributed by atoms with van der Waals surface area (Å²) < 4.78 is 19.1. The highest BCUT2D eigenvalue weighted by atomic mass is 35.5. The summed E-state index contributed by atoms with van der Waals surface area (Å²) in [6.45, 7) is 0.392. The molecule has 2 rings (SSSR count). The van der Waals surface area contributed by atoms with E-state index in [0.717, 1.165) is 5.56 Å². The van der Waals surface area contributed by atoms with Crippen LogP contribution in [-0.2, 0) is 13.2 Å². The van der Waals surface area contributed by atoms with Crippen molar-refractivity contribution in [2.45, 2.75) is 13.2 Å². The van der Waals surface area contributed by atoms with E-state index in [-0.39, 0.29) is 12.4 Å². The molecule has 0 heterocycles. The molecule has 100 valence electrons. The van der Waals surface area contributed by atoms with Crippen LogP contribution in [0.3, 0.4) is 0 Å². The van der Waals surface area contributed by atoms with Crippen LogP contribution >= 0.6 is 23.2 Å². The molecule has 0 radical (unpaired) electrons. The topological polar surface area (TPSA) is 35.2 Å². The molecular weight excluding hydrogens is 288 g/mol. The van der Waals surface area contributed by atoms with Crippen LogP contribution in [-0.4, -0.2) is 0 Å². The molecule has 0 bridgehead atoms. The zero-order valence-electron chi connectivity index (χ0n) is 10.00. The van der Waals surface area contributed by atoms with Gasteiger partial charge in [0.2, 0.25) is 0 Å². The number of para-hydroxylation sites is 1. The quantitative estimate of drug-likeness (QED) is 0.919. The highest BCUT2D eigenvalue weighted by Crippen LogP contribution is 2.33. The van der Waals surface area contributed by atoms with E-state index >= 15 is 0 Å². The zero-order valence-corrected chi connectivity index (χ0v) is 11.5. The van der Waals surface area contributed by atoms with Gasteiger partial charge in [-0.3, -0.25) is 0 Å². The van der Waals surface area contributed by atoms with E-state index in [4.69, 9.17) is 33.7 Å². The summed E-state index contributed by atoms with van der Waals surface area (Å²) in [5.74, 6) is 0.00348. The van der Waals surface area contributed by atoms with Gasteiger partial charge in [-0.25, -0.2) is 4.39 Å². The fraction of sp³-hybridized carbons (Fsp3) is 0.143. The predicted molar refractivity (Wildman–Crippen MR) is 75.1 cm³/mol. The Morgan fingerprint density at radius 1 is 1.11 bits per heavy atom. The van der Waals surface area contributed by atoms with Crippen LogP contribution in [0, 0.1) is 5.82 Å². The van der Waals surface area contributed by atoms with Gasteiger partial charge in [-0.15, -0.1) is 0 Å². The monoisotopic (exact) mass is 299 g/mol. The minimum Gasteiger partial charge on any atom is -0.486 e. The number of halogens is 3. The van der Waals surface area contributed by atoms with Crippen LogP contribution in [0.15, 0.2) is 36.4 Å². The first-order chi connectivity index (χ1) is 9.11. The number of nitrogens with two attached hydrogens (primary N) is 1. The summed E-state index contributed by atoms with van der Waals surface area (Å²) in [7, 11) is 0. The van der Waals surface area contributed by atoms with Gasteiger partial charge in [0.25, 0.3) is 0 Å². The molecular formula is C14H12Cl2FNO. The van der Waals surface area contributed by atoms with Gasteiger partial charge in [0.1, 0.15) is 12.4 Å². The maximum Gasteiger partial charge on any atom is 0.156 e. The zero-order chi connectivity index (χ0) is 13.8. The normalized spacial score (nSPS) is 10.5. The van der Waals surface area contributed by atoms with Crippen LogP contribution < -0.4 is 10.5 Å². The molecule has 2 N–H and O–H groups in total. The Bertz CT molecular complexity index is 569. The summed E-state index contributed by atoms with van der Waals surface area (Å²) >= 11 is 11.9. The summed E-state index contributed by atoms with van der Waals surface area (Å²) in [6, 6.07) is 9.72. The molecule has 0 aliphatic carbocycles. The van der Waals surface area contributed by atoms with Gasteiger partial charge in [-0.2, -0.15) is 0 Å². The highest BCUT2D eigenvalue weighted by molar-refractivity contribution is 6.37. The summed E-state index contributed by atoms with van der Waals surface area (Å²) in [6.07, 6.45) is 0. The van der Waals surface area contributed by atoms with Crippen molar-refractivity contribution in [2.75, 3.05) is 0 Å². The van der Waals surface area contributed by atoms with Crippen LogP contribution in [0.2, 0.25) is 10.0 Å². The second-order valence-electron chi connectivity index (χ2n) is 3.97. The van der Waals surface area contributed by atoms with Gasteiger partial charge < -0.3 is 10.5 Å². The largest absolute Gasteiger partial charge is 0.486 e. The number of hydrogen-bond donors (Lipinski definition) is 1. The Morgan fingerprint density at radius 3 is 2.42 bits per heavy atom. The molecule has 0 unspecified atom stereocenters. The van der Waals surface area contributed by atoms with E-state index < -0.39 is 0 Å². The van der Waals surface area contributed by atoms with Crippen molar-refractivity contribution >= 4 is 23.2 Å². The molecule has 2 aromatic carbocycles. The number of hydrogen-bond acceptors (Lipinski definition) is 2. The molecule has 0 amide bonds. The Labute approximate surface area is 120 Å². The first kappa shape index (κ1) is 14.1. The number of rotatable bonds is 4. The maximum absolute atomic E-state index is 13.6. The first-order valence-corrected chi connectivity index (χ1v) is 6.41. The van der Waals surface area contributed by atoms with E-state index in [1.807, 2.05) is 0 Å². The second kappa shape index (κ2) is 6.24. The summed E-state index contributed by atoms with van der Waals surface area (Å²) in [5, 5.41) is 0.783. The fourth-order valence-electron chi connectivity index (χ4n) is 1.64. The van der Waals surface area contributed by atoms with E-state index in [1.54, 1.807) is 30.3 Å². The van der Waals surface area contributed by atoms with E-state index in [2.05, 4.69) is 0 Å². The van der Waals surface area contributed by atoms with Crippen molar-refractivity contribution in [3.63, 3.8) is 0 Å². The Morgan fingerprint density at radius 2 is 1.79 bits per heavy atom. The van der Waals surface area contributed by atoms with Crippen LogP contribution in [0.5, 0.6) is 5.75 Å². The SMILES string of the molecule is NCc1ccc(F)c(COc2c(Cl)cccc2Cl)c1.